The van der Waals surface area contributed by atoms with Gasteiger partial charge in [-0.05, 0) is 24.6 Å². The van der Waals surface area contributed by atoms with Crippen LogP contribution in [-0.4, -0.2) is 43.5 Å². The summed E-state index contributed by atoms with van der Waals surface area (Å²) in [5, 5.41) is 6.98. The van der Waals surface area contributed by atoms with Crippen LogP contribution in [0.5, 0.6) is 0 Å². The Morgan fingerprint density at radius 1 is 1.47 bits per heavy atom. The largest absolute Gasteiger partial charge is 0.348 e. The van der Waals surface area contributed by atoms with E-state index in [-0.39, 0.29) is 11.9 Å². The molecule has 2 rings (SSSR count). The molecule has 1 aromatic carbocycles. The van der Waals surface area contributed by atoms with Crippen molar-refractivity contribution in [1.82, 2.24) is 15.5 Å². The summed E-state index contributed by atoms with van der Waals surface area (Å²) in [4.78, 5) is 14.1. The molecule has 19 heavy (non-hydrogen) atoms. The van der Waals surface area contributed by atoms with Gasteiger partial charge in [0.25, 0.3) is 0 Å². The fraction of sp³-hybridized carbons (Fsp3) is 0.500. The molecule has 4 nitrogen and oxygen atoms in total. The van der Waals surface area contributed by atoms with Crippen LogP contribution in [0, 0.1) is 0 Å². The molecular weight excluding hydrogens is 262 g/mol. The van der Waals surface area contributed by atoms with Gasteiger partial charge in [0.2, 0.25) is 5.91 Å². The van der Waals surface area contributed by atoms with Gasteiger partial charge in [-0.2, -0.15) is 0 Å². The molecule has 0 aliphatic carbocycles. The Morgan fingerprint density at radius 3 is 2.89 bits per heavy atom. The van der Waals surface area contributed by atoms with Gasteiger partial charge in [0, 0.05) is 31.2 Å². The number of benzene rings is 1. The third-order valence-electron chi connectivity index (χ3n) is 3.30. The lowest BCUT2D eigenvalue weighted by Gasteiger charge is -2.27. The second-order valence-electron chi connectivity index (χ2n) is 4.87. The maximum Gasteiger partial charge on any atom is 0.234 e. The van der Waals surface area contributed by atoms with Crippen LogP contribution in [0.1, 0.15) is 18.5 Å². The first kappa shape index (κ1) is 14.3. The van der Waals surface area contributed by atoms with Crippen molar-refractivity contribution in [3.05, 3.63) is 34.9 Å². The molecule has 0 radical (unpaired) electrons. The molecule has 0 spiro atoms. The summed E-state index contributed by atoms with van der Waals surface area (Å²) in [5.41, 5.74) is 1.03. The Morgan fingerprint density at radius 2 is 2.21 bits per heavy atom. The highest BCUT2D eigenvalue weighted by atomic mass is 35.5. The van der Waals surface area contributed by atoms with Crippen LogP contribution in [-0.2, 0) is 4.79 Å². The van der Waals surface area contributed by atoms with Crippen LogP contribution >= 0.6 is 11.6 Å². The molecule has 0 bridgehead atoms. The van der Waals surface area contributed by atoms with Crippen LogP contribution in [0.15, 0.2) is 24.3 Å². The van der Waals surface area contributed by atoms with E-state index in [1.165, 1.54) is 0 Å². The SMILES string of the molecule is CC(NC(=O)CN1CCNCC1)c1cccc(Cl)c1. The van der Waals surface area contributed by atoms with Crippen LogP contribution in [0.2, 0.25) is 5.02 Å². The molecule has 5 heteroatoms. The molecule has 1 atom stereocenters. The lowest BCUT2D eigenvalue weighted by Crippen LogP contribution is -2.47. The standard InChI is InChI=1S/C14H20ClN3O/c1-11(12-3-2-4-13(15)9-12)17-14(19)10-18-7-5-16-6-8-18/h2-4,9,11,16H,5-8,10H2,1H3,(H,17,19). The van der Waals surface area contributed by atoms with Crippen molar-refractivity contribution in [2.75, 3.05) is 32.7 Å². The van der Waals surface area contributed by atoms with Crippen molar-refractivity contribution in [3.8, 4) is 0 Å². The van der Waals surface area contributed by atoms with E-state index in [1.54, 1.807) is 0 Å². The zero-order valence-corrected chi connectivity index (χ0v) is 11.9. The number of amides is 1. The highest BCUT2D eigenvalue weighted by Crippen LogP contribution is 2.17. The van der Waals surface area contributed by atoms with E-state index in [2.05, 4.69) is 15.5 Å². The monoisotopic (exact) mass is 281 g/mol. The predicted molar refractivity (Wildman–Crippen MR) is 77.3 cm³/mol. The summed E-state index contributed by atoms with van der Waals surface area (Å²) in [6, 6.07) is 7.57. The first-order valence-corrected chi connectivity index (χ1v) is 7.01. The average Bonchev–Trinajstić information content (AvgIpc) is 2.39. The van der Waals surface area contributed by atoms with Crippen LogP contribution in [0.25, 0.3) is 0 Å². The molecule has 1 unspecified atom stereocenters. The minimum absolute atomic E-state index is 0.0193. The van der Waals surface area contributed by atoms with Gasteiger partial charge in [0.15, 0.2) is 0 Å². The van der Waals surface area contributed by atoms with Gasteiger partial charge >= 0.3 is 0 Å². The van der Waals surface area contributed by atoms with Gasteiger partial charge in [-0.1, -0.05) is 23.7 Å². The van der Waals surface area contributed by atoms with E-state index < -0.39 is 0 Å². The molecule has 104 valence electrons. The lowest BCUT2D eigenvalue weighted by atomic mass is 10.1. The number of halogens is 1. The quantitative estimate of drug-likeness (QED) is 0.877. The summed E-state index contributed by atoms with van der Waals surface area (Å²) in [6.07, 6.45) is 0. The number of nitrogens with zero attached hydrogens (tertiary/aromatic N) is 1. The van der Waals surface area contributed by atoms with E-state index in [0.29, 0.717) is 11.6 Å². The number of hydrogen-bond donors (Lipinski definition) is 2. The third kappa shape index (κ3) is 4.49. The molecular formula is C14H20ClN3O. The average molecular weight is 282 g/mol. The number of carbonyl (C=O) groups is 1. The normalized spacial score (nSPS) is 18.0. The third-order valence-corrected chi connectivity index (χ3v) is 3.54. The minimum atomic E-state index is -0.0193. The maximum absolute atomic E-state index is 12.0. The topological polar surface area (TPSA) is 44.4 Å². The van der Waals surface area contributed by atoms with Gasteiger partial charge in [0.05, 0.1) is 12.6 Å². The molecule has 1 fully saturated rings. The van der Waals surface area contributed by atoms with E-state index in [4.69, 9.17) is 11.6 Å². The van der Waals surface area contributed by atoms with Gasteiger partial charge < -0.3 is 10.6 Å². The Kier molecular flexibility index (Phi) is 5.19. The summed E-state index contributed by atoms with van der Waals surface area (Å²) in [7, 11) is 0. The van der Waals surface area contributed by atoms with Gasteiger partial charge in [-0.3, -0.25) is 9.69 Å². The molecule has 2 N–H and O–H groups in total. The summed E-state index contributed by atoms with van der Waals surface area (Å²) < 4.78 is 0. The Hall–Kier alpha value is -1.10. The van der Waals surface area contributed by atoms with E-state index in [9.17, 15) is 4.79 Å². The highest BCUT2D eigenvalue weighted by molar-refractivity contribution is 6.30. The number of hydrogen-bond acceptors (Lipinski definition) is 3. The van der Waals surface area contributed by atoms with Crippen molar-refractivity contribution >= 4 is 17.5 Å². The van der Waals surface area contributed by atoms with E-state index >= 15 is 0 Å². The number of rotatable bonds is 4. The van der Waals surface area contributed by atoms with Crippen LogP contribution < -0.4 is 10.6 Å². The van der Waals surface area contributed by atoms with Gasteiger partial charge in [-0.25, -0.2) is 0 Å². The zero-order valence-electron chi connectivity index (χ0n) is 11.2. The summed E-state index contributed by atoms with van der Waals surface area (Å²) in [6.45, 7) is 6.21. The lowest BCUT2D eigenvalue weighted by molar-refractivity contribution is -0.123. The Bertz CT molecular complexity index is 432. The van der Waals surface area contributed by atoms with Crippen molar-refractivity contribution in [1.29, 1.82) is 0 Å². The van der Waals surface area contributed by atoms with Crippen molar-refractivity contribution in [2.45, 2.75) is 13.0 Å². The minimum Gasteiger partial charge on any atom is -0.348 e. The molecule has 0 aromatic heterocycles. The smallest absolute Gasteiger partial charge is 0.234 e. The van der Waals surface area contributed by atoms with Crippen molar-refractivity contribution < 1.29 is 4.79 Å². The summed E-state index contributed by atoms with van der Waals surface area (Å²) >= 11 is 5.95. The van der Waals surface area contributed by atoms with E-state index in [0.717, 1.165) is 31.7 Å². The second kappa shape index (κ2) is 6.89. The van der Waals surface area contributed by atoms with Crippen LogP contribution in [0.4, 0.5) is 0 Å². The molecule has 1 aliphatic rings. The Labute approximate surface area is 119 Å². The molecule has 1 amide bonds. The number of carbonyl (C=O) groups excluding carboxylic acids is 1. The van der Waals surface area contributed by atoms with Crippen molar-refractivity contribution in [3.63, 3.8) is 0 Å². The fourth-order valence-corrected chi connectivity index (χ4v) is 2.42. The predicted octanol–water partition coefficient (Wildman–Crippen LogP) is 1.42. The number of piperazine rings is 1. The fourth-order valence-electron chi connectivity index (χ4n) is 2.22. The Balaban J connectivity index is 1.84. The molecule has 1 heterocycles. The first-order valence-electron chi connectivity index (χ1n) is 6.63. The molecule has 1 aliphatic heterocycles. The molecule has 1 saturated heterocycles. The zero-order chi connectivity index (χ0) is 13.7. The number of nitrogens with one attached hydrogen (secondary N) is 2. The highest BCUT2D eigenvalue weighted by Gasteiger charge is 2.15. The van der Waals surface area contributed by atoms with E-state index in [1.807, 2.05) is 31.2 Å². The van der Waals surface area contributed by atoms with Gasteiger partial charge in [-0.15, -0.1) is 0 Å². The summed E-state index contributed by atoms with van der Waals surface area (Å²) in [5.74, 6) is 0.0642. The maximum atomic E-state index is 12.0. The van der Waals surface area contributed by atoms with Crippen molar-refractivity contribution in [2.24, 2.45) is 0 Å². The van der Waals surface area contributed by atoms with Gasteiger partial charge in [0.1, 0.15) is 0 Å². The molecule has 0 saturated carbocycles. The molecule has 1 aromatic rings. The van der Waals surface area contributed by atoms with Crippen LogP contribution in [0.3, 0.4) is 0 Å². The second-order valence-corrected chi connectivity index (χ2v) is 5.31. The first-order chi connectivity index (χ1) is 9.15.